The molecular formula is C28H33F2IO2. The minimum Gasteiger partial charge on any atom is -0.342 e. The van der Waals surface area contributed by atoms with E-state index < -0.39 is 5.79 Å². The van der Waals surface area contributed by atoms with Crippen LogP contribution < -0.4 is 0 Å². The van der Waals surface area contributed by atoms with E-state index >= 15 is 0 Å². The van der Waals surface area contributed by atoms with Crippen molar-refractivity contribution < 1.29 is 18.3 Å². The van der Waals surface area contributed by atoms with Gasteiger partial charge in [0.25, 0.3) is 0 Å². The number of rotatable bonds is 4. The van der Waals surface area contributed by atoms with Gasteiger partial charge in [-0.3, -0.25) is 0 Å². The summed E-state index contributed by atoms with van der Waals surface area (Å²) in [6.45, 7) is 1.20. The van der Waals surface area contributed by atoms with Gasteiger partial charge in [-0.1, -0.05) is 46.9 Å². The summed E-state index contributed by atoms with van der Waals surface area (Å²) in [5.74, 6) is 1.10. The van der Waals surface area contributed by atoms with Crippen molar-refractivity contribution in [3.8, 4) is 0 Å². The van der Waals surface area contributed by atoms with Gasteiger partial charge in [0.2, 0.25) is 5.79 Å². The molecule has 0 atom stereocenters. The van der Waals surface area contributed by atoms with E-state index in [2.05, 4.69) is 22.6 Å². The SMILES string of the molecule is Fc1ccc(C2(c3ccc(F)cc3)OCC(C3CCC(C4CCC(I)CC4)CC3)CO2)cc1. The highest BCUT2D eigenvalue weighted by atomic mass is 127. The molecule has 5 heteroatoms. The zero-order valence-corrected chi connectivity index (χ0v) is 21.2. The number of ether oxygens (including phenoxy) is 2. The second-order valence-corrected chi connectivity index (χ2v) is 12.0. The molecule has 0 spiro atoms. The highest BCUT2D eigenvalue weighted by Crippen LogP contribution is 2.46. The summed E-state index contributed by atoms with van der Waals surface area (Å²) in [5.41, 5.74) is 1.48. The highest BCUT2D eigenvalue weighted by molar-refractivity contribution is 14.1. The Morgan fingerprint density at radius 3 is 1.36 bits per heavy atom. The van der Waals surface area contributed by atoms with Crippen LogP contribution >= 0.6 is 22.6 Å². The molecule has 2 aliphatic carbocycles. The van der Waals surface area contributed by atoms with E-state index in [9.17, 15) is 8.78 Å². The Bertz CT molecular complexity index is 845. The summed E-state index contributed by atoms with van der Waals surface area (Å²) in [6, 6.07) is 12.5. The summed E-state index contributed by atoms with van der Waals surface area (Å²) >= 11 is 2.62. The molecule has 5 rings (SSSR count). The first-order valence-electron chi connectivity index (χ1n) is 12.5. The topological polar surface area (TPSA) is 18.5 Å². The second kappa shape index (κ2) is 10.3. The zero-order chi connectivity index (χ0) is 22.8. The molecule has 0 amide bonds. The number of alkyl halides is 1. The fourth-order valence-electron chi connectivity index (χ4n) is 6.29. The van der Waals surface area contributed by atoms with Crippen molar-refractivity contribution in [2.75, 3.05) is 13.2 Å². The largest absolute Gasteiger partial charge is 0.342 e. The number of hydrogen-bond acceptors (Lipinski definition) is 2. The van der Waals surface area contributed by atoms with Crippen LogP contribution in [0.3, 0.4) is 0 Å². The summed E-state index contributed by atoms with van der Waals surface area (Å²) in [4.78, 5) is 0. The Hall–Kier alpha value is -1.05. The lowest BCUT2D eigenvalue weighted by atomic mass is 9.68. The second-order valence-electron chi connectivity index (χ2n) is 10.2. The van der Waals surface area contributed by atoms with Crippen LogP contribution in [0.4, 0.5) is 8.78 Å². The molecule has 0 radical (unpaired) electrons. The Morgan fingerprint density at radius 1 is 0.576 bits per heavy atom. The van der Waals surface area contributed by atoms with Crippen molar-refractivity contribution in [1.82, 2.24) is 0 Å². The van der Waals surface area contributed by atoms with Gasteiger partial charge in [-0.2, -0.15) is 0 Å². The zero-order valence-electron chi connectivity index (χ0n) is 19.0. The maximum absolute atomic E-state index is 13.6. The lowest BCUT2D eigenvalue weighted by Gasteiger charge is -2.45. The van der Waals surface area contributed by atoms with Gasteiger partial charge < -0.3 is 9.47 Å². The van der Waals surface area contributed by atoms with E-state index in [-0.39, 0.29) is 11.6 Å². The predicted molar refractivity (Wildman–Crippen MR) is 134 cm³/mol. The van der Waals surface area contributed by atoms with Gasteiger partial charge in [0, 0.05) is 21.0 Å². The molecule has 0 N–H and O–H groups in total. The third kappa shape index (κ3) is 5.15. The van der Waals surface area contributed by atoms with E-state index in [0.717, 1.165) is 26.9 Å². The van der Waals surface area contributed by atoms with Gasteiger partial charge in [0.05, 0.1) is 13.2 Å². The quantitative estimate of drug-likeness (QED) is 0.280. The van der Waals surface area contributed by atoms with Gasteiger partial charge in [-0.15, -0.1) is 0 Å². The summed E-state index contributed by atoms with van der Waals surface area (Å²) in [7, 11) is 0. The van der Waals surface area contributed by atoms with Gasteiger partial charge >= 0.3 is 0 Å². The number of hydrogen-bond donors (Lipinski definition) is 0. The first kappa shape index (κ1) is 23.7. The molecule has 3 fully saturated rings. The van der Waals surface area contributed by atoms with E-state index in [1.165, 1.54) is 75.6 Å². The molecule has 2 aromatic carbocycles. The normalized spacial score (nSPS) is 30.8. The van der Waals surface area contributed by atoms with Crippen LogP contribution in [-0.2, 0) is 15.3 Å². The minimum atomic E-state index is -1.12. The Kier molecular flexibility index (Phi) is 7.38. The molecule has 1 heterocycles. The van der Waals surface area contributed by atoms with Crippen molar-refractivity contribution in [2.24, 2.45) is 23.7 Å². The smallest absolute Gasteiger partial charge is 0.222 e. The van der Waals surface area contributed by atoms with Crippen molar-refractivity contribution in [2.45, 2.75) is 61.1 Å². The average molecular weight is 566 g/mol. The Morgan fingerprint density at radius 2 is 0.939 bits per heavy atom. The molecule has 0 unspecified atom stereocenters. The summed E-state index contributed by atoms with van der Waals surface area (Å²) < 4.78 is 41.0. The first-order valence-corrected chi connectivity index (χ1v) is 13.7. The highest BCUT2D eigenvalue weighted by Gasteiger charge is 2.44. The van der Waals surface area contributed by atoms with E-state index in [1.807, 2.05) is 0 Å². The van der Waals surface area contributed by atoms with Gasteiger partial charge in [-0.05, 0) is 93.4 Å². The minimum absolute atomic E-state index is 0.301. The van der Waals surface area contributed by atoms with Crippen LogP contribution in [0, 0.1) is 35.3 Å². The van der Waals surface area contributed by atoms with Crippen molar-refractivity contribution in [1.29, 1.82) is 0 Å². The lowest BCUT2D eigenvalue weighted by molar-refractivity contribution is -0.274. The number of halogens is 3. The first-order chi connectivity index (χ1) is 16.0. The summed E-state index contributed by atoms with van der Waals surface area (Å²) in [5, 5.41) is 0. The molecule has 2 saturated carbocycles. The van der Waals surface area contributed by atoms with Gasteiger partial charge in [0.15, 0.2) is 0 Å². The van der Waals surface area contributed by atoms with Crippen LogP contribution in [0.15, 0.2) is 48.5 Å². The third-order valence-corrected chi connectivity index (χ3v) is 9.55. The molecular weight excluding hydrogens is 533 g/mol. The lowest BCUT2D eigenvalue weighted by Crippen LogP contribution is -2.45. The summed E-state index contributed by atoms with van der Waals surface area (Å²) in [6.07, 6.45) is 10.8. The standard InChI is InChI=1S/C28H33F2IO2/c29-25-11-7-23(8-12-25)28(24-9-13-26(30)14-10-24)32-17-22(18-33-28)21-3-1-19(2-4-21)20-5-15-27(31)16-6-20/h7-14,19-22,27H,1-6,15-18H2. The fourth-order valence-corrected chi connectivity index (χ4v) is 7.01. The van der Waals surface area contributed by atoms with E-state index in [4.69, 9.17) is 9.47 Å². The van der Waals surface area contributed by atoms with Crippen LogP contribution in [0.2, 0.25) is 0 Å². The molecule has 2 aromatic rings. The molecule has 0 aromatic heterocycles. The molecule has 0 bridgehead atoms. The third-order valence-electron chi connectivity index (χ3n) is 8.30. The van der Waals surface area contributed by atoms with Crippen molar-refractivity contribution in [3.05, 3.63) is 71.3 Å². The van der Waals surface area contributed by atoms with Gasteiger partial charge in [-0.25, -0.2) is 8.78 Å². The van der Waals surface area contributed by atoms with Crippen molar-refractivity contribution >= 4 is 22.6 Å². The fraction of sp³-hybridized carbons (Fsp3) is 0.571. The van der Waals surface area contributed by atoms with Gasteiger partial charge in [0.1, 0.15) is 11.6 Å². The molecule has 2 nitrogen and oxygen atoms in total. The molecule has 3 aliphatic rings. The monoisotopic (exact) mass is 566 g/mol. The maximum Gasteiger partial charge on any atom is 0.222 e. The van der Waals surface area contributed by atoms with E-state index in [0.29, 0.717) is 25.0 Å². The Labute approximate surface area is 209 Å². The number of benzene rings is 2. The van der Waals surface area contributed by atoms with Crippen LogP contribution in [-0.4, -0.2) is 17.1 Å². The maximum atomic E-state index is 13.6. The molecule has 178 valence electrons. The predicted octanol–water partition coefficient (Wildman–Crippen LogP) is 7.63. The average Bonchev–Trinajstić information content (AvgIpc) is 2.86. The van der Waals surface area contributed by atoms with Crippen LogP contribution in [0.25, 0.3) is 0 Å². The van der Waals surface area contributed by atoms with Crippen LogP contribution in [0.5, 0.6) is 0 Å². The van der Waals surface area contributed by atoms with Crippen LogP contribution in [0.1, 0.15) is 62.5 Å². The molecule has 1 saturated heterocycles. The van der Waals surface area contributed by atoms with Crippen molar-refractivity contribution in [3.63, 3.8) is 0 Å². The van der Waals surface area contributed by atoms with E-state index in [1.54, 1.807) is 24.3 Å². The Balaban J connectivity index is 1.25. The molecule has 1 aliphatic heterocycles. The molecule has 33 heavy (non-hydrogen) atoms.